The van der Waals surface area contributed by atoms with Gasteiger partial charge in [-0.05, 0) is 35.4 Å². The van der Waals surface area contributed by atoms with Crippen molar-refractivity contribution in [2.24, 2.45) is 0 Å². The topological polar surface area (TPSA) is 60.5 Å². The number of halogens is 1. The molecule has 1 aliphatic heterocycles. The zero-order chi connectivity index (χ0) is 18.8. The maximum atomic E-state index is 12.4. The van der Waals surface area contributed by atoms with E-state index in [1.54, 1.807) is 19.2 Å². The summed E-state index contributed by atoms with van der Waals surface area (Å²) in [6.07, 6.45) is 1.20. The molecule has 0 aliphatic carbocycles. The second kappa shape index (κ2) is 7.58. The summed E-state index contributed by atoms with van der Waals surface area (Å²) in [5, 5.41) is 5.84. The molecule has 4 rings (SSSR count). The van der Waals surface area contributed by atoms with Crippen LogP contribution in [0.2, 0.25) is 5.02 Å². The minimum absolute atomic E-state index is 0.0949. The average Bonchev–Trinajstić information content (AvgIpc) is 3.30. The van der Waals surface area contributed by atoms with Gasteiger partial charge in [0.15, 0.2) is 5.13 Å². The molecule has 0 saturated carbocycles. The summed E-state index contributed by atoms with van der Waals surface area (Å²) in [6, 6.07) is 11.4. The van der Waals surface area contributed by atoms with Crippen LogP contribution >= 0.6 is 22.9 Å². The van der Waals surface area contributed by atoms with Crippen molar-refractivity contribution in [3.05, 3.63) is 57.9 Å². The zero-order valence-electron chi connectivity index (χ0n) is 14.6. The molecule has 7 heteroatoms. The van der Waals surface area contributed by atoms with E-state index in [2.05, 4.69) is 10.3 Å². The molecular weight excluding hydrogens is 384 g/mol. The molecule has 0 atom stereocenters. The number of fused-ring (bicyclic) bond motifs is 1. The number of thiazole rings is 1. The maximum Gasteiger partial charge on any atom is 0.230 e. The highest BCUT2D eigenvalue weighted by Crippen LogP contribution is 2.32. The summed E-state index contributed by atoms with van der Waals surface area (Å²) in [4.78, 5) is 16.8. The number of benzene rings is 2. The smallest absolute Gasteiger partial charge is 0.230 e. The number of hydrogen-bond acceptors (Lipinski definition) is 5. The van der Waals surface area contributed by atoms with Crippen molar-refractivity contribution < 1.29 is 14.3 Å². The van der Waals surface area contributed by atoms with Gasteiger partial charge in [-0.15, -0.1) is 11.3 Å². The Bertz CT molecular complexity index is 1000. The summed E-state index contributed by atoms with van der Waals surface area (Å²) < 4.78 is 10.7. The van der Waals surface area contributed by atoms with Crippen molar-refractivity contribution in [3.8, 4) is 22.8 Å². The van der Waals surface area contributed by atoms with E-state index in [1.807, 2.05) is 29.6 Å². The summed E-state index contributed by atoms with van der Waals surface area (Å²) in [7, 11) is 1.57. The fourth-order valence-corrected chi connectivity index (χ4v) is 3.98. The van der Waals surface area contributed by atoms with Crippen molar-refractivity contribution >= 4 is 34.0 Å². The summed E-state index contributed by atoms with van der Waals surface area (Å²) in [6.45, 7) is 0.711. The van der Waals surface area contributed by atoms with Gasteiger partial charge >= 0.3 is 0 Å². The van der Waals surface area contributed by atoms with E-state index in [1.165, 1.54) is 11.3 Å². The molecule has 0 radical (unpaired) electrons. The minimum Gasteiger partial charge on any atom is -0.495 e. The Balaban J connectivity index is 1.43. The van der Waals surface area contributed by atoms with Gasteiger partial charge in [-0.2, -0.15) is 0 Å². The van der Waals surface area contributed by atoms with Gasteiger partial charge in [-0.25, -0.2) is 4.98 Å². The molecule has 1 amide bonds. The quantitative estimate of drug-likeness (QED) is 0.680. The van der Waals surface area contributed by atoms with Crippen LogP contribution in [0, 0.1) is 0 Å². The number of methoxy groups -OCH3 is 1. The second-order valence-corrected chi connectivity index (χ2v) is 7.42. The first kappa shape index (κ1) is 17.8. The van der Waals surface area contributed by atoms with Crippen LogP contribution in [-0.2, 0) is 17.6 Å². The number of anilines is 1. The number of nitrogens with zero attached hydrogens (tertiary/aromatic N) is 1. The first-order valence-electron chi connectivity index (χ1n) is 8.46. The van der Waals surface area contributed by atoms with Crippen molar-refractivity contribution in [1.82, 2.24) is 4.98 Å². The summed E-state index contributed by atoms with van der Waals surface area (Å²) in [5.74, 6) is 1.44. The van der Waals surface area contributed by atoms with Crippen molar-refractivity contribution in [1.29, 1.82) is 0 Å². The molecule has 2 aromatic carbocycles. The molecule has 0 fully saturated rings. The van der Waals surface area contributed by atoms with Gasteiger partial charge in [0.05, 0.1) is 30.9 Å². The number of ether oxygens (including phenoxy) is 2. The zero-order valence-corrected chi connectivity index (χ0v) is 16.2. The second-order valence-electron chi connectivity index (χ2n) is 6.15. The third kappa shape index (κ3) is 3.91. The van der Waals surface area contributed by atoms with Gasteiger partial charge in [-0.3, -0.25) is 4.79 Å². The van der Waals surface area contributed by atoms with Gasteiger partial charge in [0.2, 0.25) is 5.91 Å². The number of aromatic nitrogens is 1. The number of amides is 1. The summed E-state index contributed by atoms with van der Waals surface area (Å²) in [5.41, 5.74) is 3.76. The average molecular weight is 401 g/mol. The van der Waals surface area contributed by atoms with Crippen LogP contribution in [0.3, 0.4) is 0 Å². The van der Waals surface area contributed by atoms with Gasteiger partial charge in [0.25, 0.3) is 0 Å². The van der Waals surface area contributed by atoms with Crippen LogP contribution in [-0.4, -0.2) is 24.6 Å². The van der Waals surface area contributed by atoms with Crippen LogP contribution in [0.4, 0.5) is 5.13 Å². The fraction of sp³-hybridized carbons (Fsp3) is 0.200. The van der Waals surface area contributed by atoms with E-state index in [-0.39, 0.29) is 5.91 Å². The van der Waals surface area contributed by atoms with E-state index in [0.29, 0.717) is 28.9 Å². The molecule has 2 heterocycles. The minimum atomic E-state index is -0.0949. The lowest BCUT2D eigenvalue weighted by atomic mass is 10.1. The lowest BCUT2D eigenvalue weighted by Gasteiger charge is -2.05. The standard InChI is InChI=1S/C20H17ClN2O3S/c1-25-18-5-3-13(10-15(18)21)16-11-27-20(22-16)23-19(24)9-12-2-4-17-14(8-12)6-7-26-17/h2-5,8,10-11H,6-7,9H2,1H3,(H,22,23,24). The van der Waals surface area contributed by atoms with E-state index >= 15 is 0 Å². The van der Waals surface area contributed by atoms with Crippen molar-refractivity contribution in [2.75, 3.05) is 19.0 Å². The number of rotatable bonds is 5. The summed E-state index contributed by atoms with van der Waals surface area (Å²) >= 11 is 7.55. The third-order valence-electron chi connectivity index (χ3n) is 4.32. The Morgan fingerprint density at radius 3 is 3.04 bits per heavy atom. The molecule has 0 saturated heterocycles. The first-order valence-corrected chi connectivity index (χ1v) is 9.72. The number of nitrogens with one attached hydrogen (secondary N) is 1. The third-order valence-corrected chi connectivity index (χ3v) is 5.37. The van der Waals surface area contributed by atoms with Crippen LogP contribution in [0.5, 0.6) is 11.5 Å². The van der Waals surface area contributed by atoms with Crippen LogP contribution < -0.4 is 14.8 Å². The molecule has 1 N–H and O–H groups in total. The van der Waals surface area contributed by atoms with Crippen LogP contribution in [0.15, 0.2) is 41.8 Å². The monoisotopic (exact) mass is 400 g/mol. The largest absolute Gasteiger partial charge is 0.495 e. The number of carbonyl (C=O) groups excluding carboxylic acids is 1. The Labute approximate surface area is 165 Å². The van der Waals surface area contributed by atoms with E-state index in [0.717, 1.165) is 34.6 Å². The molecule has 1 aromatic heterocycles. The van der Waals surface area contributed by atoms with E-state index < -0.39 is 0 Å². The normalized spacial score (nSPS) is 12.4. The van der Waals surface area contributed by atoms with Gasteiger partial charge in [0.1, 0.15) is 11.5 Å². The molecule has 138 valence electrons. The molecular formula is C20H17ClN2O3S. The Morgan fingerprint density at radius 1 is 1.33 bits per heavy atom. The van der Waals surface area contributed by atoms with Crippen LogP contribution in [0.1, 0.15) is 11.1 Å². The SMILES string of the molecule is COc1ccc(-c2csc(NC(=O)Cc3ccc4c(c3)CCO4)n2)cc1Cl. The highest BCUT2D eigenvalue weighted by molar-refractivity contribution is 7.14. The predicted molar refractivity (Wildman–Crippen MR) is 107 cm³/mol. The molecule has 3 aromatic rings. The van der Waals surface area contributed by atoms with Crippen molar-refractivity contribution in [2.45, 2.75) is 12.8 Å². The molecule has 0 bridgehead atoms. The Kier molecular flexibility index (Phi) is 5.01. The number of hydrogen-bond donors (Lipinski definition) is 1. The number of carbonyl (C=O) groups is 1. The van der Waals surface area contributed by atoms with Gasteiger partial charge in [0, 0.05) is 17.4 Å². The van der Waals surface area contributed by atoms with Crippen molar-refractivity contribution in [3.63, 3.8) is 0 Å². The maximum absolute atomic E-state index is 12.4. The predicted octanol–water partition coefficient (Wildman–Crippen LogP) is 4.59. The Morgan fingerprint density at radius 2 is 2.22 bits per heavy atom. The van der Waals surface area contributed by atoms with E-state index in [9.17, 15) is 4.79 Å². The molecule has 0 unspecified atom stereocenters. The lowest BCUT2D eigenvalue weighted by Crippen LogP contribution is -2.14. The molecule has 27 heavy (non-hydrogen) atoms. The van der Waals surface area contributed by atoms with E-state index in [4.69, 9.17) is 21.1 Å². The first-order chi connectivity index (χ1) is 13.1. The highest BCUT2D eigenvalue weighted by atomic mass is 35.5. The Hall–Kier alpha value is -2.57. The highest BCUT2D eigenvalue weighted by Gasteiger charge is 2.14. The fourth-order valence-electron chi connectivity index (χ4n) is 2.99. The molecule has 5 nitrogen and oxygen atoms in total. The lowest BCUT2D eigenvalue weighted by molar-refractivity contribution is -0.115. The molecule has 1 aliphatic rings. The van der Waals surface area contributed by atoms with Crippen LogP contribution in [0.25, 0.3) is 11.3 Å². The van der Waals surface area contributed by atoms with Gasteiger partial charge in [-0.1, -0.05) is 23.7 Å². The van der Waals surface area contributed by atoms with Gasteiger partial charge < -0.3 is 14.8 Å². The molecule has 0 spiro atoms.